The molecule has 0 unspecified atom stereocenters. The molecular formula is C25H23Cl2N3O3. The first-order valence-electron chi connectivity index (χ1n) is 10.5. The van der Waals surface area contributed by atoms with Crippen LogP contribution in [0.15, 0.2) is 66.7 Å². The molecule has 170 valence electrons. The van der Waals surface area contributed by atoms with Gasteiger partial charge in [-0.25, -0.2) is 4.79 Å². The minimum Gasteiger partial charge on any atom is -0.495 e. The number of carbonyl (C=O) groups is 2. The second-order valence-corrected chi connectivity index (χ2v) is 8.50. The summed E-state index contributed by atoms with van der Waals surface area (Å²) in [4.78, 5) is 29.5. The van der Waals surface area contributed by atoms with E-state index in [-0.39, 0.29) is 11.9 Å². The SMILES string of the molecule is COc1ccc(NC(=O)c2ccccc2Cl)cc1N1CCCN(Cc2cccc(Cl)c2)C1=O. The fraction of sp³-hybridized carbons (Fsp3) is 0.200. The average molecular weight is 484 g/mol. The van der Waals surface area contributed by atoms with Gasteiger partial charge in [0.15, 0.2) is 0 Å². The summed E-state index contributed by atoms with van der Waals surface area (Å²) in [5, 5.41) is 3.86. The van der Waals surface area contributed by atoms with E-state index in [4.69, 9.17) is 27.9 Å². The Labute approximate surface area is 202 Å². The number of hydrogen-bond acceptors (Lipinski definition) is 3. The number of rotatable bonds is 6. The van der Waals surface area contributed by atoms with Crippen LogP contribution in [0.2, 0.25) is 10.0 Å². The van der Waals surface area contributed by atoms with Crippen molar-refractivity contribution >= 4 is 46.5 Å². The highest BCUT2D eigenvalue weighted by Crippen LogP contribution is 2.34. The standard InChI is InChI=1S/C25H23Cl2N3O3/c1-33-23-11-10-19(28-24(31)20-8-2-3-9-21(20)27)15-22(23)30-13-5-12-29(25(30)32)16-17-6-4-7-18(26)14-17/h2-4,6-11,14-15H,5,12-13,16H2,1H3,(H,28,31). The van der Waals surface area contributed by atoms with E-state index in [1.165, 1.54) is 0 Å². The minimum atomic E-state index is -0.329. The summed E-state index contributed by atoms with van der Waals surface area (Å²) < 4.78 is 5.52. The lowest BCUT2D eigenvalue weighted by atomic mass is 10.1. The van der Waals surface area contributed by atoms with Crippen molar-refractivity contribution in [1.82, 2.24) is 4.90 Å². The van der Waals surface area contributed by atoms with Gasteiger partial charge in [0.1, 0.15) is 5.75 Å². The number of nitrogens with one attached hydrogen (secondary N) is 1. The van der Waals surface area contributed by atoms with Crippen molar-refractivity contribution < 1.29 is 14.3 Å². The van der Waals surface area contributed by atoms with E-state index in [1.807, 2.05) is 24.3 Å². The van der Waals surface area contributed by atoms with Gasteiger partial charge in [-0.2, -0.15) is 0 Å². The first-order chi connectivity index (χ1) is 16.0. The van der Waals surface area contributed by atoms with Crippen LogP contribution in [0.25, 0.3) is 0 Å². The van der Waals surface area contributed by atoms with Gasteiger partial charge in [-0.15, -0.1) is 0 Å². The quantitative estimate of drug-likeness (QED) is 0.461. The van der Waals surface area contributed by atoms with Gasteiger partial charge >= 0.3 is 6.03 Å². The number of urea groups is 1. The van der Waals surface area contributed by atoms with Crippen molar-refractivity contribution in [2.75, 3.05) is 30.4 Å². The molecule has 0 saturated carbocycles. The molecule has 3 amide bonds. The number of ether oxygens (including phenoxy) is 1. The van der Waals surface area contributed by atoms with Crippen LogP contribution in [0.4, 0.5) is 16.2 Å². The molecule has 1 aliphatic heterocycles. The maximum Gasteiger partial charge on any atom is 0.324 e. The molecule has 1 fully saturated rings. The van der Waals surface area contributed by atoms with Gasteiger partial charge in [0.2, 0.25) is 0 Å². The highest BCUT2D eigenvalue weighted by molar-refractivity contribution is 6.34. The van der Waals surface area contributed by atoms with Crippen molar-refractivity contribution in [3.63, 3.8) is 0 Å². The zero-order valence-electron chi connectivity index (χ0n) is 18.1. The van der Waals surface area contributed by atoms with Crippen LogP contribution < -0.4 is 15.0 Å². The van der Waals surface area contributed by atoms with E-state index in [9.17, 15) is 9.59 Å². The number of benzene rings is 3. The second-order valence-electron chi connectivity index (χ2n) is 7.66. The smallest absolute Gasteiger partial charge is 0.324 e. The Hall–Kier alpha value is -3.22. The Morgan fingerprint density at radius 1 is 1.03 bits per heavy atom. The third kappa shape index (κ3) is 5.24. The van der Waals surface area contributed by atoms with Gasteiger partial charge in [-0.1, -0.05) is 47.5 Å². The first-order valence-corrected chi connectivity index (χ1v) is 11.3. The normalized spacial score (nSPS) is 13.7. The highest BCUT2D eigenvalue weighted by Gasteiger charge is 2.29. The average Bonchev–Trinajstić information content (AvgIpc) is 2.81. The number of hydrogen-bond donors (Lipinski definition) is 1. The van der Waals surface area contributed by atoms with Crippen LogP contribution in [0.3, 0.4) is 0 Å². The van der Waals surface area contributed by atoms with E-state index in [2.05, 4.69) is 5.32 Å². The molecule has 1 heterocycles. The fourth-order valence-corrected chi connectivity index (χ4v) is 4.26. The third-order valence-electron chi connectivity index (χ3n) is 5.42. The van der Waals surface area contributed by atoms with Gasteiger partial charge in [-0.3, -0.25) is 9.69 Å². The number of nitrogens with zero attached hydrogens (tertiary/aromatic N) is 2. The van der Waals surface area contributed by atoms with Crippen LogP contribution in [-0.2, 0) is 6.54 Å². The Balaban J connectivity index is 1.57. The van der Waals surface area contributed by atoms with E-state index in [0.717, 1.165) is 12.0 Å². The Morgan fingerprint density at radius 3 is 2.61 bits per heavy atom. The van der Waals surface area contributed by atoms with E-state index in [0.29, 0.717) is 52.4 Å². The predicted molar refractivity (Wildman–Crippen MR) is 132 cm³/mol. The zero-order chi connectivity index (χ0) is 23.4. The van der Waals surface area contributed by atoms with Gasteiger partial charge in [0, 0.05) is 30.3 Å². The van der Waals surface area contributed by atoms with Gasteiger partial charge in [0.05, 0.1) is 23.4 Å². The van der Waals surface area contributed by atoms with Gasteiger partial charge in [-0.05, 0) is 54.4 Å². The van der Waals surface area contributed by atoms with E-state index >= 15 is 0 Å². The molecule has 3 aromatic carbocycles. The molecule has 8 heteroatoms. The first kappa shape index (κ1) is 23.0. The fourth-order valence-electron chi connectivity index (χ4n) is 3.83. The summed E-state index contributed by atoms with van der Waals surface area (Å²) in [5.74, 6) is 0.216. The third-order valence-corrected chi connectivity index (χ3v) is 5.98. The molecule has 0 aromatic heterocycles. The molecule has 0 atom stereocenters. The molecule has 4 rings (SSSR count). The number of carbonyl (C=O) groups excluding carboxylic acids is 2. The molecule has 33 heavy (non-hydrogen) atoms. The molecule has 3 aromatic rings. The van der Waals surface area contributed by atoms with Crippen LogP contribution in [0.1, 0.15) is 22.3 Å². The van der Waals surface area contributed by atoms with Crippen LogP contribution in [-0.4, -0.2) is 37.0 Å². The summed E-state index contributed by atoms with van der Waals surface area (Å²) in [6.45, 7) is 1.65. The molecule has 1 N–H and O–H groups in total. The van der Waals surface area contributed by atoms with Crippen LogP contribution >= 0.6 is 23.2 Å². The van der Waals surface area contributed by atoms with Crippen molar-refractivity contribution in [3.05, 3.63) is 87.9 Å². The molecule has 0 bridgehead atoms. The summed E-state index contributed by atoms with van der Waals surface area (Å²) >= 11 is 12.3. The highest BCUT2D eigenvalue weighted by atomic mass is 35.5. The van der Waals surface area contributed by atoms with Crippen LogP contribution in [0, 0.1) is 0 Å². The molecule has 1 saturated heterocycles. The van der Waals surface area contributed by atoms with Crippen molar-refractivity contribution in [2.45, 2.75) is 13.0 Å². The topological polar surface area (TPSA) is 61.9 Å². The summed E-state index contributed by atoms with van der Waals surface area (Å²) in [6.07, 6.45) is 0.797. The van der Waals surface area contributed by atoms with Crippen LogP contribution in [0.5, 0.6) is 5.75 Å². The number of halogens is 2. The lowest BCUT2D eigenvalue weighted by molar-refractivity contribution is 0.102. The molecule has 0 spiro atoms. The van der Waals surface area contributed by atoms with Crippen molar-refractivity contribution in [3.8, 4) is 5.75 Å². The summed E-state index contributed by atoms with van der Waals surface area (Å²) in [5.41, 5.74) is 2.47. The van der Waals surface area contributed by atoms with Gasteiger partial charge in [0.25, 0.3) is 5.91 Å². The maximum absolute atomic E-state index is 13.3. The molecule has 6 nitrogen and oxygen atoms in total. The van der Waals surface area contributed by atoms with Gasteiger partial charge < -0.3 is 15.0 Å². The second kappa shape index (κ2) is 10.1. The number of amides is 3. The van der Waals surface area contributed by atoms with E-state index in [1.54, 1.807) is 59.4 Å². The minimum absolute atomic E-state index is 0.130. The van der Waals surface area contributed by atoms with Crippen molar-refractivity contribution in [1.29, 1.82) is 0 Å². The van der Waals surface area contributed by atoms with Crippen molar-refractivity contribution in [2.24, 2.45) is 0 Å². The predicted octanol–water partition coefficient (Wildman–Crippen LogP) is 6.09. The number of anilines is 2. The largest absolute Gasteiger partial charge is 0.495 e. The Bertz CT molecular complexity index is 1190. The lowest BCUT2D eigenvalue weighted by Gasteiger charge is -2.36. The lowest BCUT2D eigenvalue weighted by Crippen LogP contribution is -2.49. The zero-order valence-corrected chi connectivity index (χ0v) is 19.6. The molecule has 0 aliphatic carbocycles. The van der Waals surface area contributed by atoms with E-state index < -0.39 is 0 Å². The molecular weight excluding hydrogens is 461 g/mol. The summed E-state index contributed by atoms with van der Waals surface area (Å²) in [6, 6.07) is 19.4. The number of methoxy groups -OCH3 is 1. The Kier molecular flexibility index (Phi) is 7.06. The Morgan fingerprint density at radius 2 is 1.85 bits per heavy atom. The molecule has 0 radical (unpaired) electrons. The molecule has 1 aliphatic rings. The summed E-state index contributed by atoms with van der Waals surface area (Å²) in [7, 11) is 1.55. The monoisotopic (exact) mass is 483 g/mol. The maximum atomic E-state index is 13.3.